The van der Waals surface area contributed by atoms with E-state index >= 15 is 0 Å². The first kappa shape index (κ1) is 19.6. The van der Waals surface area contributed by atoms with E-state index in [0.717, 1.165) is 12.8 Å². The average molecular weight is 343 g/mol. The SMILES string of the molecule is CC(C)(CCc1ccc(S(=O)O)cc1)O[Si](C)(C)C(C)(C)C. The maximum Gasteiger partial charge on any atom is 0.192 e. The molecule has 0 fully saturated rings. The summed E-state index contributed by atoms with van der Waals surface area (Å²) in [7, 11) is -1.78. The van der Waals surface area contributed by atoms with Crippen LogP contribution < -0.4 is 0 Å². The van der Waals surface area contributed by atoms with E-state index in [1.807, 2.05) is 12.1 Å². The van der Waals surface area contributed by atoms with Crippen LogP contribution in [0.1, 0.15) is 46.6 Å². The smallest absolute Gasteiger partial charge is 0.192 e. The van der Waals surface area contributed by atoms with Crippen LogP contribution in [-0.2, 0) is 21.9 Å². The van der Waals surface area contributed by atoms with E-state index in [9.17, 15) is 4.21 Å². The summed E-state index contributed by atoms with van der Waals surface area (Å²) in [5.41, 5.74) is 1.00. The monoisotopic (exact) mass is 342 g/mol. The van der Waals surface area contributed by atoms with Crippen LogP contribution in [0, 0.1) is 0 Å². The molecule has 0 radical (unpaired) electrons. The van der Waals surface area contributed by atoms with Gasteiger partial charge in [0.2, 0.25) is 0 Å². The lowest BCUT2D eigenvalue weighted by atomic mass is 9.99. The summed E-state index contributed by atoms with van der Waals surface area (Å²) in [4.78, 5) is 0.445. The van der Waals surface area contributed by atoms with Crippen LogP contribution in [0.3, 0.4) is 0 Å². The van der Waals surface area contributed by atoms with Crippen LogP contribution in [0.25, 0.3) is 0 Å². The zero-order valence-electron chi connectivity index (χ0n) is 14.9. The molecule has 0 amide bonds. The van der Waals surface area contributed by atoms with E-state index < -0.39 is 19.4 Å². The molecular formula is C17H30O3SSi. The fraction of sp³-hybridized carbons (Fsp3) is 0.647. The minimum atomic E-state index is -1.90. The van der Waals surface area contributed by atoms with Gasteiger partial charge in [-0.2, -0.15) is 0 Å². The largest absolute Gasteiger partial charge is 0.412 e. The molecule has 0 saturated carbocycles. The van der Waals surface area contributed by atoms with E-state index in [4.69, 9.17) is 8.98 Å². The molecule has 0 aliphatic carbocycles. The third-order valence-corrected chi connectivity index (χ3v) is 9.83. The molecule has 0 heterocycles. The Labute approximate surface area is 138 Å². The third kappa shape index (κ3) is 5.61. The van der Waals surface area contributed by atoms with E-state index in [1.54, 1.807) is 12.1 Å². The van der Waals surface area contributed by atoms with Gasteiger partial charge in [0.25, 0.3) is 0 Å². The second-order valence-electron chi connectivity index (χ2n) is 8.02. The Morgan fingerprint density at radius 1 is 1.09 bits per heavy atom. The number of benzene rings is 1. The summed E-state index contributed by atoms with van der Waals surface area (Å²) in [6, 6.07) is 7.28. The van der Waals surface area contributed by atoms with E-state index in [1.165, 1.54) is 5.56 Å². The number of aryl methyl sites for hydroxylation is 1. The molecule has 1 rings (SSSR count). The first-order valence-corrected chi connectivity index (χ1v) is 11.8. The molecule has 0 spiro atoms. The average Bonchev–Trinajstić information content (AvgIpc) is 2.34. The fourth-order valence-corrected chi connectivity index (χ4v) is 4.27. The minimum Gasteiger partial charge on any atom is -0.412 e. The van der Waals surface area contributed by atoms with Crippen molar-refractivity contribution in [1.29, 1.82) is 0 Å². The van der Waals surface area contributed by atoms with Crippen molar-refractivity contribution in [1.82, 2.24) is 0 Å². The van der Waals surface area contributed by atoms with Gasteiger partial charge in [-0.3, -0.25) is 0 Å². The molecule has 0 bridgehead atoms. The Morgan fingerprint density at radius 3 is 2.00 bits per heavy atom. The highest BCUT2D eigenvalue weighted by atomic mass is 32.2. The summed E-state index contributed by atoms with van der Waals surface area (Å²) in [5.74, 6) is 0. The zero-order valence-corrected chi connectivity index (χ0v) is 16.7. The molecule has 126 valence electrons. The molecule has 1 N–H and O–H groups in total. The van der Waals surface area contributed by atoms with E-state index in [2.05, 4.69) is 47.7 Å². The Hall–Kier alpha value is -0.493. The van der Waals surface area contributed by atoms with Crippen LogP contribution in [0.15, 0.2) is 29.2 Å². The van der Waals surface area contributed by atoms with Gasteiger partial charge in [0.1, 0.15) is 0 Å². The zero-order chi connectivity index (χ0) is 17.2. The van der Waals surface area contributed by atoms with Gasteiger partial charge in [0.15, 0.2) is 19.4 Å². The molecule has 22 heavy (non-hydrogen) atoms. The van der Waals surface area contributed by atoms with Crippen LogP contribution >= 0.6 is 0 Å². The predicted molar refractivity (Wildman–Crippen MR) is 96.2 cm³/mol. The highest BCUT2D eigenvalue weighted by molar-refractivity contribution is 7.79. The highest BCUT2D eigenvalue weighted by Crippen LogP contribution is 2.39. The lowest BCUT2D eigenvalue weighted by Crippen LogP contribution is -2.47. The topological polar surface area (TPSA) is 46.5 Å². The van der Waals surface area contributed by atoms with Gasteiger partial charge in [0, 0.05) is 0 Å². The first-order chi connectivity index (χ1) is 9.84. The fourth-order valence-electron chi connectivity index (χ4n) is 2.11. The van der Waals surface area contributed by atoms with Crippen molar-refractivity contribution in [2.24, 2.45) is 0 Å². The predicted octanol–water partition coefficient (Wildman–Crippen LogP) is 5.00. The Morgan fingerprint density at radius 2 is 1.59 bits per heavy atom. The molecule has 0 aliphatic rings. The number of hydrogen-bond acceptors (Lipinski definition) is 2. The molecule has 0 aromatic heterocycles. The van der Waals surface area contributed by atoms with Crippen molar-refractivity contribution in [3.05, 3.63) is 29.8 Å². The molecule has 0 aliphatic heterocycles. The van der Waals surface area contributed by atoms with Crippen molar-refractivity contribution < 1.29 is 13.2 Å². The molecule has 1 unspecified atom stereocenters. The van der Waals surface area contributed by atoms with Gasteiger partial charge in [-0.25, -0.2) is 4.21 Å². The highest BCUT2D eigenvalue weighted by Gasteiger charge is 2.41. The van der Waals surface area contributed by atoms with E-state index in [-0.39, 0.29) is 10.6 Å². The summed E-state index contributed by atoms with van der Waals surface area (Å²) in [6.07, 6.45) is 1.83. The van der Waals surface area contributed by atoms with Gasteiger partial charge in [-0.05, 0) is 62.5 Å². The number of hydrogen-bond donors (Lipinski definition) is 1. The Bertz CT molecular complexity index is 516. The van der Waals surface area contributed by atoms with Crippen LogP contribution in [0.4, 0.5) is 0 Å². The summed E-state index contributed by atoms with van der Waals surface area (Å²) in [6.45, 7) is 15.6. The van der Waals surface area contributed by atoms with Crippen molar-refractivity contribution in [2.75, 3.05) is 0 Å². The lowest BCUT2D eigenvalue weighted by Gasteiger charge is -2.43. The maximum atomic E-state index is 11.0. The molecule has 3 nitrogen and oxygen atoms in total. The normalized spacial score (nSPS) is 14.9. The van der Waals surface area contributed by atoms with Gasteiger partial charge in [-0.1, -0.05) is 32.9 Å². The minimum absolute atomic E-state index is 0.165. The standard InChI is InChI=1S/C17H30O3SSi/c1-16(2,3)22(6,7)20-17(4,5)13-12-14-8-10-15(11-9-14)21(18)19/h8-11H,12-13H2,1-7H3,(H,18,19). The van der Waals surface area contributed by atoms with Crippen molar-refractivity contribution >= 4 is 19.4 Å². The van der Waals surface area contributed by atoms with E-state index in [0.29, 0.717) is 4.90 Å². The summed E-state index contributed by atoms with van der Waals surface area (Å²) in [5, 5.41) is 0.205. The Balaban J connectivity index is 2.67. The number of rotatable bonds is 6. The Kier molecular flexibility index (Phi) is 6.18. The molecular weight excluding hydrogens is 312 g/mol. The van der Waals surface area contributed by atoms with Gasteiger partial charge < -0.3 is 8.98 Å². The summed E-state index contributed by atoms with van der Waals surface area (Å²) >= 11 is -1.90. The molecule has 1 aromatic carbocycles. The van der Waals surface area contributed by atoms with Crippen molar-refractivity contribution in [2.45, 2.75) is 76.1 Å². The quantitative estimate of drug-likeness (QED) is 0.584. The van der Waals surface area contributed by atoms with Crippen LogP contribution in [-0.4, -0.2) is 22.7 Å². The second kappa shape index (κ2) is 6.95. The van der Waals surface area contributed by atoms with Crippen molar-refractivity contribution in [3.63, 3.8) is 0 Å². The maximum absolute atomic E-state index is 11.0. The molecule has 5 heteroatoms. The van der Waals surface area contributed by atoms with Gasteiger partial charge in [-0.15, -0.1) is 0 Å². The second-order valence-corrected chi connectivity index (χ2v) is 13.7. The van der Waals surface area contributed by atoms with Gasteiger partial charge in [0.05, 0.1) is 10.5 Å². The molecule has 1 aromatic rings. The van der Waals surface area contributed by atoms with Gasteiger partial charge >= 0.3 is 0 Å². The molecule has 0 saturated heterocycles. The third-order valence-electron chi connectivity index (χ3n) is 4.48. The van der Waals surface area contributed by atoms with Crippen LogP contribution in [0.2, 0.25) is 18.1 Å². The van der Waals surface area contributed by atoms with Crippen molar-refractivity contribution in [3.8, 4) is 0 Å². The molecule has 1 atom stereocenters. The van der Waals surface area contributed by atoms with Crippen LogP contribution in [0.5, 0.6) is 0 Å². The lowest BCUT2D eigenvalue weighted by molar-refractivity contribution is 0.0826. The summed E-state index contributed by atoms with van der Waals surface area (Å²) < 4.78 is 26.5. The first-order valence-electron chi connectivity index (χ1n) is 7.74.